The molecule has 1 heterocycles. The average molecular weight is 510 g/mol. The molecule has 6 nitrogen and oxygen atoms in total. The minimum absolute atomic E-state index is 0.0495. The number of anilines is 1. The quantitative estimate of drug-likeness (QED) is 0.425. The minimum Gasteiger partial charge on any atom is -0.493 e. The van der Waals surface area contributed by atoms with Crippen molar-refractivity contribution in [2.75, 3.05) is 18.6 Å². The molecular weight excluding hydrogens is 478 g/mol. The highest BCUT2D eigenvalue weighted by Gasteiger charge is 2.36. The number of aliphatic hydroxyl groups excluding tert-OH is 1. The molecule has 0 radical (unpaired) electrons. The lowest BCUT2D eigenvalue weighted by Gasteiger charge is -2.38. The number of carbonyl (C=O) groups excluding carboxylic acids is 1. The van der Waals surface area contributed by atoms with Crippen molar-refractivity contribution < 1.29 is 24.5 Å². The molecule has 0 fully saturated rings. The molecule has 190 valence electrons. The molecule has 4 rings (SSSR count). The molecule has 0 saturated carbocycles. The van der Waals surface area contributed by atoms with Crippen molar-refractivity contribution in [2.24, 2.45) is 0 Å². The Bertz CT molecular complexity index is 1220. The van der Waals surface area contributed by atoms with Crippen LogP contribution in [0.1, 0.15) is 55.5 Å². The first-order valence-electron chi connectivity index (χ1n) is 12.0. The fraction of sp³-hybridized carbons (Fsp3) is 0.345. The lowest BCUT2D eigenvalue weighted by molar-refractivity contribution is -0.118. The van der Waals surface area contributed by atoms with Crippen LogP contribution in [0.25, 0.3) is 0 Å². The van der Waals surface area contributed by atoms with Crippen LogP contribution < -0.4 is 14.4 Å². The number of methoxy groups -OCH3 is 1. The van der Waals surface area contributed by atoms with E-state index in [4.69, 9.17) is 21.1 Å². The molecule has 3 aromatic carbocycles. The highest BCUT2D eigenvalue weighted by atomic mass is 35.5. The number of ether oxygens (including phenoxy) is 2. The van der Waals surface area contributed by atoms with E-state index in [1.165, 1.54) is 0 Å². The molecular formula is C29H32ClNO5. The van der Waals surface area contributed by atoms with E-state index in [1.807, 2.05) is 62.4 Å². The summed E-state index contributed by atoms with van der Waals surface area (Å²) in [7, 11) is 1.59. The number of benzene rings is 3. The van der Waals surface area contributed by atoms with Crippen molar-refractivity contribution in [3.05, 3.63) is 87.9 Å². The van der Waals surface area contributed by atoms with Gasteiger partial charge in [0.2, 0.25) is 5.91 Å². The van der Waals surface area contributed by atoms with Gasteiger partial charge in [0, 0.05) is 23.7 Å². The van der Waals surface area contributed by atoms with Gasteiger partial charge in [-0.05, 0) is 79.4 Å². The Hall–Kier alpha value is -3.06. The van der Waals surface area contributed by atoms with Crippen LogP contribution in [0.15, 0.2) is 60.7 Å². The maximum atomic E-state index is 13.6. The molecule has 3 aromatic rings. The third-order valence-corrected chi connectivity index (χ3v) is 6.76. The van der Waals surface area contributed by atoms with Crippen molar-refractivity contribution in [1.82, 2.24) is 0 Å². The first-order valence-corrected chi connectivity index (χ1v) is 12.4. The van der Waals surface area contributed by atoms with Crippen molar-refractivity contribution >= 4 is 23.2 Å². The summed E-state index contributed by atoms with van der Waals surface area (Å²) in [5.74, 6) is 1.15. The van der Waals surface area contributed by atoms with Gasteiger partial charge in [0.1, 0.15) is 0 Å². The number of halogens is 1. The van der Waals surface area contributed by atoms with Gasteiger partial charge >= 0.3 is 0 Å². The van der Waals surface area contributed by atoms with E-state index in [9.17, 15) is 15.0 Å². The van der Waals surface area contributed by atoms with Gasteiger partial charge in [0.25, 0.3) is 0 Å². The van der Waals surface area contributed by atoms with Gasteiger partial charge in [0.15, 0.2) is 11.5 Å². The van der Waals surface area contributed by atoms with E-state index in [-0.39, 0.29) is 31.5 Å². The van der Waals surface area contributed by atoms with Gasteiger partial charge in [-0.15, -0.1) is 0 Å². The second-order valence-electron chi connectivity index (χ2n) is 9.56. The molecule has 2 N–H and O–H groups in total. The Balaban J connectivity index is 1.85. The summed E-state index contributed by atoms with van der Waals surface area (Å²) in [4.78, 5) is 15.4. The lowest BCUT2D eigenvalue weighted by atomic mass is 9.86. The normalized spacial score (nSPS) is 17.1. The largest absolute Gasteiger partial charge is 0.493 e. The molecule has 1 aliphatic rings. The molecule has 36 heavy (non-hydrogen) atoms. The molecule has 1 unspecified atom stereocenters. The monoisotopic (exact) mass is 509 g/mol. The summed E-state index contributed by atoms with van der Waals surface area (Å²) in [6, 6.07) is 18.2. The van der Waals surface area contributed by atoms with E-state index in [0.717, 1.165) is 16.7 Å². The summed E-state index contributed by atoms with van der Waals surface area (Å²) < 4.78 is 11.6. The second kappa shape index (κ2) is 10.5. The maximum absolute atomic E-state index is 13.6. The van der Waals surface area contributed by atoms with Gasteiger partial charge in [0.05, 0.1) is 31.3 Å². The summed E-state index contributed by atoms with van der Waals surface area (Å²) in [6.45, 7) is 5.46. The Morgan fingerprint density at radius 1 is 1.08 bits per heavy atom. The standard InChI is InChI=1S/C29H32ClNO5/c1-18(2)36-26-17-24-20(15-25(26)35-4)16-27(33)31(28(24)19-5-9-22(30)10-6-19)23-11-7-21(8-12-23)29(3,34)13-14-32/h5-12,15,17-18,28,32,34H,13-14,16H2,1-4H3/t28?,29-/m0/s1. The van der Waals surface area contributed by atoms with Crippen LogP contribution in [-0.2, 0) is 16.8 Å². The third-order valence-electron chi connectivity index (χ3n) is 6.50. The summed E-state index contributed by atoms with van der Waals surface area (Å²) in [5.41, 5.74) is 2.95. The van der Waals surface area contributed by atoms with Crippen LogP contribution in [-0.4, -0.2) is 35.9 Å². The van der Waals surface area contributed by atoms with Crippen LogP contribution >= 0.6 is 11.6 Å². The van der Waals surface area contributed by atoms with Crippen molar-refractivity contribution in [3.8, 4) is 11.5 Å². The summed E-state index contributed by atoms with van der Waals surface area (Å²) >= 11 is 6.18. The first-order chi connectivity index (χ1) is 17.1. The Morgan fingerprint density at radius 3 is 2.33 bits per heavy atom. The van der Waals surface area contributed by atoms with Crippen LogP contribution in [0.4, 0.5) is 5.69 Å². The first kappa shape index (κ1) is 26.0. The number of fused-ring (bicyclic) bond motifs is 1. The zero-order chi connectivity index (χ0) is 26.0. The SMILES string of the molecule is COc1cc2c(cc1OC(C)C)C(c1ccc(Cl)cc1)N(c1ccc([C@@](C)(O)CCO)cc1)C(=O)C2. The van der Waals surface area contributed by atoms with Crippen LogP contribution in [0.5, 0.6) is 11.5 Å². The Kier molecular flexibility index (Phi) is 7.59. The van der Waals surface area contributed by atoms with Gasteiger partial charge in [-0.25, -0.2) is 0 Å². The minimum atomic E-state index is -1.17. The number of hydrogen-bond donors (Lipinski definition) is 2. The van der Waals surface area contributed by atoms with E-state index in [0.29, 0.717) is 27.8 Å². The van der Waals surface area contributed by atoms with Gasteiger partial charge in [-0.3, -0.25) is 4.79 Å². The lowest BCUT2D eigenvalue weighted by Crippen LogP contribution is -2.41. The molecule has 0 saturated heterocycles. The van der Waals surface area contributed by atoms with E-state index in [1.54, 1.807) is 31.1 Å². The predicted molar refractivity (Wildman–Crippen MR) is 141 cm³/mol. The number of amides is 1. The molecule has 0 spiro atoms. The number of nitrogens with zero attached hydrogens (tertiary/aromatic N) is 1. The predicted octanol–water partition coefficient (Wildman–Crippen LogP) is 5.40. The molecule has 2 atom stereocenters. The second-order valence-corrected chi connectivity index (χ2v) is 9.99. The van der Waals surface area contributed by atoms with Gasteiger partial charge in [-0.2, -0.15) is 0 Å². The third kappa shape index (κ3) is 5.21. The molecule has 0 aliphatic carbocycles. The number of carbonyl (C=O) groups is 1. The topological polar surface area (TPSA) is 79.2 Å². The number of hydrogen-bond acceptors (Lipinski definition) is 5. The van der Waals surface area contributed by atoms with E-state index >= 15 is 0 Å². The van der Waals surface area contributed by atoms with Crippen LogP contribution in [0.3, 0.4) is 0 Å². The molecule has 1 aliphatic heterocycles. The summed E-state index contributed by atoms with van der Waals surface area (Å²) in [5, 5.41) is 20.6. The van der Waals surface area contributed by atoms with Crippen molar-refractivity contribution in [2.45, 2.75) is 51.4 Å². The number of rotatable bonds is 8. The average Bonchev–Trinajstić information content (AvgIpc) is 2.83. The zero-order valence-electron chi connectivity index (χ0n) is 21.0. The number of aliphatic hydroxyl groups is 2. The molecule has 0 aromatic heterocycles. The zero-order valence-corrected chi connectivity index (χ0v) is 21.7. The summed E-state index contributed by atoms with van der Waals surface area (Å²) in [6.07, 6.45) is 0.379. The van der Waals surface area contributed by atoms with Crippen molar-refractivity contribution in [1.29, 1.82) is 0 Å². The molecule has 7 heteroatoms. The fourth-order valence-corrected chi connectivity index (χ4v) is 4.80. The fourth-order valence-electron chi connectivity index (χ4n) is 4.67. The molecule has 1 amide bonds. The van der Waals surface area contributed by atoms with E-state index in [2.05, 4.69) is 0 Å². The molecule has 0 bridgehead atoms. The maximum Gasteiger partial charge on any atom is 0.232 e. The van der Waals surface area contributed by atoms with Gasteiger partial charge < -0.3 is 24.6 Å². The smallest absolute Gasteiger partial charge is 0.232 e. The van der Waals surface area contributed by atoms with Crippen LogP contribution in [0, 0.1) is 0 Å². The van der Waals surface area contributed by atoms with Crippen molar-refractivity contribution in [3.63, 3.8) is 0 Å². The van der Waals surface area contributed by atoms with E-state index < -0.39 is 11.6 Å². The Labute approximate surface area is 217 Å². The van der Waals surface area contributed by atoms with Gasteiger partial charge in [-0.1, -0.05) is 35.9 Å². The highest BCUT2D eigenvalue weighted by molar-refractivity contribution is 6.30. The Morgan fingerprint density at radius 2 is 1.75 bits per heavy atom. The van der Waals surface area contributed by atoms with Crippen LogP contribution in [0.2, 0.25) is 5.02 Å². The highest BCUT2D eigenvalue weighted by Crippen LogP contribution is 2.44.